The molecule has 1 saturated heterocycles. The lowest BCUT2D eigenvalue weighted by atomic mass is 9.97. The second-order valence-corrected chi connectivity index (χ2v) is 6.06. The van der Waals surface area contributed by atoms with E-state index in [4.69, 9.17) is 0 Å². The third-order valence-corrected chi connectivity index (χ3v) is 4.35. The molecule has 1 unspecified atom stereocenters. The van der Waals surface area contributed by atoms with Gasteiger partial charge in [0.05, 0.1) is 10.4 Å². The molecule has 0 aliphatic carbocycles. The highest BCUT2D eigenvalue weighted by Gasteiger charge is 2.27. The largest absolute Gasteiger partial charge is 0.359 e. The molecule has 2 heterocycles. The molecular formula is C12H17BrN4OS. The zero-order chi connectivity index (χ0) is 13.8. The van der Waals surface area contributed by atoms with Crippen LogP contribution in [-0.2, 0) is 4.79 Å². The van der Waals surface area contributed by atoms with Gasteiger partial charge in [0.2, 0.25) is 5.91 Å². The van der Waals surface area contributed by atoms with Gasteiger partial charge in [-0.2, -0.15) is 0 Å². The van der Waals surface area contributed by atoms with Crippen molar-refractivity contribution in [2.24, 2.45) is 5.92 Å². The first-order valence-corrected chi connectivity index (χ1v) is 8.20. The highest BCUT2D eigenvalue weighted by atomic mass is 79.9. The van der Waals surface area contributed by atoms with Gasteiger partial charge in [0.15, 0.2) is 5.16 Å². The number of amides is 1. The second kappa shape index (κ2) is 6.56. The molecule has 19 heavy (non-hydrogen) atoms. The van der Waals surface area contributed by atoms with E-state index in [9.17, 15) is 4.79 Å². The SMILES string of the molecule is CNC(=O)C1CCCN(c2nc(SC)ncc2Br)C1. The number of anilines is 1. The van der Waals surface area contributed by atoms with E-state index in [2.05, 4.69) is 36.1 Å². The highest BCUT2D eigenvalue weighted by molar-refractivity contribution is 9.10. The number of halogens is 1. The van der Waals surface area contributed by atoms with E-state index >= 15 is 0 Å². The first-order valence-electron chi connectivity index (χ1n) is 6.18. The Labute approximate surface area is 125 Å². The zero-order valence-electron chi connectivity index (χ0n) is 11.0. The number of hydrogen-bond donors (Lipinski definition) is 1. The summed E-state index contributed by atoms with van der Waals surface area (Å²) in [5.74, 6) is 1.03. The third kappa shape index (κ3) is 3.39. The van der Waals surface area contributed by atoms with E-state index in [1.54, 1.807) is 13.2 Å². The van der Waals surface area contributed by atoms with Crippen LogP contribution in [0.25, 0.3) is 0 Å². The number of nitrogens with zero attached hydrogens (tertiary/aromatic N) is 3. The molecule has 104 valence electrons. The number of piperidine rings is 1. The average Bonchev–Trinajstić information content (AvgIpc) is 2.47. The van der Waals surface area contributed by atoms with Crippen LogP contribution in [0, 0.1) is 5.92 Å². The van der Waals surface area contributed by atoms with Gasteiger partial charge in [0, 0.05) is 26.3 Å². The van der Waals surface area contributed by atoms with Crippen LogP contribution in [0.4, 0.5) is 5.82 Å². The summed E-state index contributed by atoms with van der Waals surface area (Å²) in [7, 11) is 1.69. The van der Waals surface area contributed by atoms with Gasteiger partial charge in [0.25, 0.3) is 0 Å². The van der Waals surface area contributed by atoms with E-state index in [1.165, 1.54) is 11.8 Å². The monoisotopic (exact) mass is 344 g/mol. The Kier molecular flexibility index (Phi) is 5.04. The smallest absolute Gasteiger partial charge is 0.224 e. The number of nitrogens with one attached hydrogen (secondary N) is 1. The van der Waals surface area contributed by atoms with E-state index < -0.39 is 0 Å². The Morgan fingerprint density at radius 1 is 1.63 bits per heavy atom. The molecule has 1 aromatic heterocycles. The molecule has 0 saturated carbocycles. The molecule has 0 aromatic carbocycles. The number of carbonyl (C=O) groups excluding carboxylic acids is 1. The number of carbonyl (C=O) groups is 1. The van der Waals surface area contributed by atoms with Gasteiger partial charge in [-0.05, 0) is 35.0 Å². The van der Waals surface area contributed by atoms with Gasteiger partial charge >= 0.3 is 0 Å². The van der Waals surface area contributed by atoms with E-state index in [1.807, 2.05) is 6.26 Å². The average molecular weight is 345 g/mol. The highest BCUT2D eigenvalue weighted by Crippen LogP contribution is 2.29. The molecule has 1 aromatic rings. The number of rotatable bonds is 3. The van der Waals surface area contributed by atoms with Gasteiger partial charge in [-0.25, -0.2) is 9.97 Å². The fraction of sp³-hybridized carbons (Fsp3) is 0.583. The van der Waals surface area contributed by atoms with Crippen molar-refractivity contribution in [2.45, 2.75) is 18.0 Å². The fourth-order valence-corrected chi connectivity index (χ4v) is 3.03. The zero-order valence-corrected chi connectivity index (χ0v) is 13.4. The Morgan fingerprint density at radius 2 is 2.42 bits per heavy atom. The Hall–Kier alpha value is -0.820. The topological polar surface area (TPSA) is 58.1 Å². The predicted molar refractivity (Wildman–Crippen MR) is 80.5 cm³/mol. The maximum atomic E-state index is 11.8. The molecule has 1 atom stereocenters. The Morgan fingerprint density at radius 3 is 3.11 bits per heavy atom. The minimum absolute atomic E-state index is 0.0401. The quantitative estimate of drug-likeness (QED) is 0.670. The van der Waals surface area contributed by atoms with Crippen LogP contribution in [0.1, 0.15) is 12.8 Å². The minimum Gasteiger partial charge on any atom is -0.359 e. The summed E-state index contributed by atoms with van der Waals surface area (Å²) in [6.07, 6.45) is 5.67. The van der Waals surface area contributed by atoms with Gasteiger partial charge in [-0.15, -0.1) is 0 Å². The lowest BCUT2D eigenvalue weighted by Gasteiger charge is -2.33. The fourth-order valence-electron chi connectivity index (χ4n) is 2.25. The molecule has 2 rings (SSSR count). The van der Waals surface area contributed by atoms with Gasteiger partial charge in [-0.1, -0.05) is 11.8 Å². The van der Waals surface area contributed by atoms with Crippen LogP contribution in [-0.4, -0.2) is 42.3 Å². The molecule has 0 spiro atoms. The molecule has 0 bridgehead atoms. The van der Waals surface area contributed by atoms with Gasteiger partial charge in [-0.3, -0.25) is 4.79 Å². The molecule has 7 heteroatoms. The molecule has 1 aliphatic heterocycles. The lowest BCUT2D eigenvalue weighted by molar-refractivity contribution is -0.124. The Balaban J connectivity index is 2.19. The third-order valence-electron chi connectivity index (χ3n) is 3.22. The van der Waals surface area contributed by atoms with Gasteiger partial charge in [0.1, 0.15) is 5.82 Å². The number of thioether (sulfide) groups is 1. The van der Waals surface area contributed by atoms with Crippen molar-refractivity contribution in [3.8, 4) is 0 Å². The van der Waals surface area contributed by atoms with Crippen LogP contribution < -0.4 is 10.2 Å². The first kappa shape index (κ1) is 14.6. The summed E-state index contributed by atoms with van der Waals surface area (Å²) in [4.78, 5) is 22.7. The first-order chi connectivity index (χ1) is 9.15. The van der Waals surface area contributed by atoms with Crippen molar-refractivity contribution < 1.29 is 4.79 Å². The minimum atomic E-state index is 0.0401. The summed E-state index contributed by atoms with van der Waals surface area (Å²) in [6, 6.07) is 0. The molecule has 0 radical (unpaired) electrons. The predicted octanol–water partition coefficient (Wildman–Crippen LogP) is 1.92. The molecule has 1 amide bonds. The molecular weight excluding hydrogens is 328 g/mol. The van der Waals surface area contributed by atoms with Crippen LogP contribution >= 0.6 is 27.7 Å². The standard InChI is InChI=1S/C12H17BrN4OS/c1-14-11(18)8-4-3-5-17(7-8)10-9(13)6-15-12(16-10)19-2/h6,8H,3-5,7H2,1-2H3,(H,14,18). The van der Waals surface area contributed by atoms with Crippen LogP contribution in [0.15, 0.2) is 15.8 Å². The summed E-state index contributed by atoms with van der Waals surface area (Å²) in [5.41, 5.74) is 0. The molecule has 1 N–H and O–H groups in total. The Bertz CT molecular complexity index is 471. The van der Waals surface area contributed by atoms with Crippen LogP contribution in [0.3, 0.4) is 0 Å². The normalized spacial score (nSPS) is 19.3. The summed E-state index contributed by atoms with van der Waals surface area (Å²) in [5, 5.41) is 3.48. The molecule has 1 fully saturated rings. The second-order valence-electron chi connectivity index (χ2n) is 4.43. The molecule has 1 aliphatic rings. The van der Waals surface area contributed by atoms with Crippen molar-refractivity contribution in [2.75, 3.05) is 31.3 Å². The van der Waals surface area contributed by atoms with Crippen molar-refractivity contribution in [1.29, 1.82) is 0 Å². The van der Waals surface area contributed by atoms with Gasteiger partial charge < -0.3 is 10.2 Å². The maximum Gasteiger partial charge on any atom is 0.224 e. The number of aromatic nitrogens is 2. The van der Waals surface area contributed by atoms with Crippen LogP contribution in [0.2, 0.25) is 0 Å². The van der Waals surface area contributed by atoms with E-state index in [0.717, 1.165) is 34.8 Å². The van der Waals surface area contributed by atoms with Crippen LogP contribution in [0.5, 0.6) is 0 Å². The van der Waals surface area contributed by atoms with Crippen molar-refractivity contribution in [3.63, 3.8) is 0 Å². The lowest BCUT2D eigenvalue weighted by Crippen LogP contribution is -2.42. The van der Waals surface area contributed by atoms with E-state index in [-0.39, 0.29) is 11.8 Å². The van der Waals surface area contributed by atoms with Crippen molar-refractivity contribution in [1.82, 2.24) is 15.3 Å². The summed E-state index contributed by atoms with van der Waals surface area (Å²) in [6.45, 7) is 1.64. The summed E-state index contributed by atoms with van der Waals surface area (Å²) < 4.78 is 0.878. The molecule has 5 nitrogen and oxygen atoms in total. The maximum absolute atomic E-state index is 11.8. The van der Waals surface area contributed by atoms with Crippen molar-refractivity contribution in [3.05, 3.63) is 10.7 Å². The summed E-state index contributed by atoms with van der Waals surface area (Å²) >= 11 is 5.01. The van der Waals surface area contributed by atoms with E-state index in [0.29, 0.717) is 6.54 Å². The number of hydrogen-bond acceptors (Lipinski definition) is 5. The van der Waals surface area contributed by atoms with Crippen molar-refractivity contribution >= 4 is 39.4 Å².